The SMILES string of the molecule is CCNc1ccncc1S(=O)(=O)Nc1ccccc1SC. The van der Waals surface area contributed by atoms with Crippen molar-refractivity contribution in [2.45, 2.75) is 16.7 Å². The van der Waals surface area contributed by atoms with E-state index in [1.165, 1.54) is 18.0 Å². The lowest BCUT2D eigenvalue weighted by Gasteiger charge is -2.14. The zero-order chi connectivity index (χ0) is 15.3. The van der Waals surface area contributed by atoms with Crippen LogP contribution in [0.4, 0.5) is 11.4 Å². The van der Waals surface area contributed by atoms with Crippen LogP contribution < -0.4 is 10.0 Å². The van der Waals surface area contributed by atoms with Gasteiger partial charge in [-0.05, 0) is 31.4 Å². The Balaban J connectivity index is 2.39. The van der Waals surface area contributed by atoms with Gasteiger partial charge in [0.25, 0.3) is 10.0 Å². The molecule has 2 rings (SSSR count). The Morgan fingerprint density at radius 2 is 1.95 bits per heavy atom. The van der Waals surface area contributed by atoms with Crippen LogP contribution in [-0.2, 0) is 10.0 Å². The molecule has 0 atom stereocenters. The predicted molar refractivity (Wildman–Crippen MR) is 87.4 cm³/mol. The lowest BCUT2D eigenvalue weighted by molar-refractivity contribution is 0.601. The minimum atomic E-state index is -3.69. The molecular weight excluding hydrogens is 306 g/mol. The Morgan fingerprint density at radius 3 is 2.67 bits per heavy atom. The average molecular weight is 323 g/mol. The van der Waals surface area contributed by atoms with Crippen LogP contribution in [0.3, 0.4) is 0 Å². The number of nitrogens with one attached hydrogen (secondary N) is 2. The number of sulfonamides is 1. The fourth-order valence-electron chi connectivity index (χ4n) is 1.86. The Kier molecular flexibility index (Phi) is 5.08. The molecule has 2 N–H and O–H groups in total. The summed E-state index contributed by atoms with van der Waals surface area (Å²) in [6, 6.07) is 8.94. The predicted octanol–water partition coefficient (Wildman–Crippen LogP) is 3.04. The summed E-state index contributed by atoms with van der Waals surface area (Å²) >= 11 is 1.49. The molecule has 1 aromatic heterocycles. The highest BCUT2D eigenvalue weighted by atomic mass is 32.2. The molecule has 0 unspecified atom stereocenters. The van der Waals surface area contributed by atoms with Crippen molar-refractivity contribution in [2.75, 3.05) is 22.8 Å². The van der Waals surface area contributed by atoms with Crippen molar-refractivity contribution >= 4 is 33.2 Å². The number of hydrogen-bond acceptors (Lipinski definition) is 5. The Hall–Kier alpha value is -1.73. The molecule has 1 aromatic carbocycles. The van der Waals surface area contributed by atoms with Gasteiger partial charge in [0.1, 0.15) is 4.90 Å². The van der Waals surface area contributed by atoms with Gasteiger partial charge in [-0.1, -0.05) is 12.1 Å². The molecule has 0 fully saturated rings. The Morgan fingerprint density at radius 1 is 1.19 bits per heavy atom. The quantitative estimate of drug-likeness (QED) is 0.800. The number of aromatic nitrogens is 1. The lowest BCUT2D eigenvalue weighted by atomic mass is 10.3. The third-order valence-corrected chi connectivity index (χ3v) is 4.98. The summed E-state index contributed by atoms with van der Waals surface area (Å²) in [6.45, 7) is 2.54. The molecule has 1 heterocycles. The second-order valence-electron chi connectivity index (χ2n) is 4.21. The molecule has 0 radical (unpaired) electrons. The number of pyridine rings is 1. The summed E-state index contributed by atoms with van der Waals surface area (Å²) in [4.78, 5) is 4.93. The maximum atomic E-state index is 12.6. The molecule has 0 saturated heterocycles. The minimum absolute atomic E-state index is 0.141. The number of nitrogens with zero attached hydrogens (tertiary/aromatic N) is 1. The van der Waals surface area contributed by atoms with Crippen molar-refractivity contribution in [3.8, 4) is 0 Å². The fraction of sp³-hybridized carbons (Fsp3) is 0.214. The average Bonchev–Trinajstić information content (AvgIpc) is 2.48. The summed E-state index contributed by atoms with van der Waals surface area (Å²) in [5, 5.41) is 3.03. The molecule has 7 heteroatoms. The molecule has 0 aliphatic rings. The molecular formula is C14H17N3O2S2. The van der Waals surface area contributed by atoms with Crippen LogP contribution in [-0.4, -0.2) is 26.2 Å². The fourth-order valence-corrected chi connectivity index (χ4v) is 3.68. The molecule has 0 saturated carbocycles. The number of benzene rings is 1. The van der Waals surface area contributed by atoms with Gasteiger partial charge < -0.3 is 5.32 Å². The standard InChI is InChI=1S/C14H17N3O2S2/c1-3-16-12-8-9-15-10-14(12)21(18,19)17-11-6-4-5-7-13(11)20-2/h4-10,17H,3H2,1-2H3,(H,15,16). The monoisotopic (exact) mass is 323 g/mol. The van der Waals surface area contributed by atoms with Crippen LogP contribution in [0, 0.1) is 0 Å². The number of hydrogen-bond donors (Lipinski definition) is 2. The third-order valence-electron chi connectivity index (χ3n) is 2.79. The summed E-state index contributed by atoms with van der Waals surface area (Å²) in [6.07, 6.45) is 4.82. The second-order valence-corrected chi connectivity index (χ2v) is 6.71. The van der Waals surface area contributed by atoms with Crippen molar-refractivity contribution in [1.82, 2.24) is 4.98 Å². The number of para-hydroxylation sites is 1. The molecule has 21 heavy (non-hydrogen) atoms. The van der Waals surface area contributed by atoms with E-state index in [-0.39, 0.29) is 4.90 Å². The van der Waals surface area contributed by atoms with Gasteiger partial charge in [0.05, 0.1) is 11.4 Å². The number of thioether (sulfide) groups is 1. The zero-order valence-electron chi connectivity index (χ0n) is 11.8. The molecule has 0 bridgehead atoms. The first-order valence-electron chi connectivity index (χ1n) is 6.42. The molecule has 5 nitrogen and oxygen atoms in total. The van der Waals surface area contributed by atoms with Gasteiger partial charge in [-0.2, -0.15) is 0 Å². The van der Waals surface area contributed by atoms with Crippen molar-refractivity contribution in [1.29, 1.82) is 0 Å². The van der Waals surface area contributed by atoms with Crippen molar-refractivity contribution in [3.05, 3.63) is 42.7 Å². The van der Waals surface area contributed by atoms with Gasteiger partial charge in [-0.15, -0.1) is 11.8 Å². The van der Waals surface area contributed by atoms with Gasteiger partial charge in [0, 0.05) is 23.8 Å². The Bertz CT molecular complexity index is 718. The van der Waals surface area contributed by atoms with Crippen LogP contribution in [0.5, 0.6) is 0 Å². The Labute approximate surface area is 129 Å². The lowest BCUT2D eigenvalue weighted by Crippen LogP contribution is -2.16. The van der Waals surface area contributed by atoms with Gasteiger partial charge in [-0.25, -0.2) is 8.42 Å². The largest absolute Gasteiger partial charge is 0.384 e. The summed E-state index contributed by atoms with van der Waals surface area (Å²) in [5.41, 5.74) is 1.11. The van der Waals surface area contributed by atoms with Crippen LogP contribution in [0.25, 0.3) is 0 Å². The second kappa shape index (κ2) is 6.82. The topological polar surface area (TPSA) is 71.1 Å². The van der Waals surface area contributed by atoms with E-state index in [0.29, 0.717) is 17.9 Å². The van der Waals surface area contributed by atoms with Crippen molar-refractivity contribution < 1.29 is 8.42 Å². The first kappa shape index (κ1) is 15.7. The highest BCUT2D eigenvalue weighted by Gasteiger charge is 2.19. The van der Waals surface area contributed by atoms with E-state index in [1.807, 2.05) is 25.3 Å². The summed E-state index contributed by atoms with van der Waals surface area (Å²) < 4.78 is 27.8. The van der Waals surface area contributed by atoms with Gasteiger partial charge >= 0.3 is 0 Å². The van der Waals surface area contributed by atoms with Crippen LogP contribution in [0.15, 0.2) is 52.5 Å². The minimum Gasteiger partial charge on any atom is -0.384 e. The van der Waals surface area contributed by atoms with E-state index in [1.54, 1.807) is 24.4 Å². The van der Waals surface area contributed by atoms with Crippen molar-refractivity contribution in [3.63, 3.8) is 0 Å². The highest BCUT2D eigenvalue weighted by Crippen LogP contribution is 2.28. The van der Waals surface area contributed by atoms with Crippen LogP contribution in [0.2, 0.25) is 0 Å². The third kappa shape index (κ3) is 3.68. The summed E-state index contributed by atoms with van der Waals surface area (Å²) in [7, 11) is -3.69. The molecule has 0 aliphatic carbocycles. The van der Waals surface area contributed by atoms with Gasteiger partial charge in [-0.3, -0.25) is 9.71 Å². The van der Waals surface area contributed by atoms with Crippen LogP contribution in [0.1, 0.15) is 6.92 Å². The molecule has 2 aromatic rings. The first-order valence-corrected chi connectivity index (χ1v) is 9.13. The van der Waals surface area contributed by atoms with E-state index in [2.05, 4.69) is 15.0 Å². The normalized spacial score (nSPS) is 11.1. The molecule has 0 spiro atoms. The van der Waals surface area contributed by atoms with Gasteiger partial charge in [0.2, 0.25) is 0 Å². The number of rotatable bonds is 6. The first-order chi connectivity index (χ1) is 10.1. The van der Waals surface area contributed by atoms with E-state index < -0.39 is 10.0 Å². The van der Waals surface area contributed by atoms with E-state index in [9.17, 15) is 8.42 Å². The van der Waals surface area contributed by atoms with Crippen molar-refractivity contribution in [2.24, 2.45) is 0 Å². The highest BCUT2D eigenvalue weighted by molar-refractivity contribution is 7.99. The van der Waals surface area contributed by atoms with E-state index in [0.717, 1.165) is 4.90 Å². The smallest absolute Gasteiger partial charge is 0.265 e. The van der Waals surface area contributed by atoms with E-state index >= 15 is 0 Å². The zero-order valence-corrected chi connectivity index (χ0v) is 13.5. The van der Waals surface area contributed by atoms with Gasteiger partial charge in [0.15, 0.2) is 0 Å². The molecule has 112 valence electrons. The maximum absolute atomic E-state index is 12.6. The molecule has 0 amide bonds. The number of anilines is 2. The summed E-state index contributed by atoms with van der Waals surface area (Å²) in [5.74, 6) is 0. The maximum Gasteiger partial charge on any atom is 0.265 e. The molecule has 0 aliphatic heterocycles. The van der Waals surface area contributed by atoms with Crippen LogP contribution >= 0.6 is 11.8 Å². The van der Waals surface area contributed by atoms with E-state index in [4.69, 9.17) is 0 Å².